The first kappa shape index (κ1) is 15.0. The van der Waals surface area contributed by atoms with Crippen molar-refractivity contribution in [2.45, 2.75) is 6.92 Å². The van der Waals surface area contributed by atoms with E-state index in [4.69, 9.17) is 9.47 Å². The molecule has 0 N–H and O–H groups in total. The van der Waals surface area contributed by atoms with Crippen molar-refractivity contribution in [2.24, 2.45) is 0 Å². The minimum Gasteiger partial charge on any atom is -0.495 e. The smallest absolute Gasteiger partial charge is 0.341 e. The fourth-order valence-electron chi connectivity index (χ4n) is 2.65. The summed E-state index contributed by atoms with van der Waals surface area (Å²) in [6.07, 6.45) is 1.73. The fraction of sp³-hybridized carbons (Fsp3) is 0.158. The molecule has 0 bridgehead atoms. The van der Waals surface area contributed by atoms with E-state index >= 15 is 0 Å². The molecule has 0 spiro atoms. The standard InChI is InChI=1S/C19H17NO3/c1-3-23-19(21)15-12-14-10-7-11-20-17(14)16(18(15)22-2)13-8-5-4-6-9-13/h4-12H,3H2,1-2H3. The van der Waals surface area contributed by atoms with Gasteiger partial charge in [-0.3, -0.25) is 4.98 Å². The van der Waals surface area contributed by atoms with Gasteiger partial charge in [-0.15, -0.1) is 0 Å². The van der Waals surface area contributed by atoms with Crippen molar-refractivity contribution in [1.82, 2.24) is 4.98 Å². The zero-order valence-corrected chi connectivity index (χ0v) is 13.1. The highest BCUT2D eigenvalue weighted by molar-refractivity contribution is 6.06. The van der Waals surface area contributed by atoms with E-state index in [-0.39, 0.29) is 0 Å². The minimum absolute atomic E-state index is 0.313. The van der Waals surface area contributed by atoms with Gasteiger partial charge in [0.15, 0.2) is 0 Å². The number of methoxy groups -OCH3 is 1. The van der Waals surface area contributed by atoms with Crippen molar-refractivity contribution in [2.75, 3.05) is 13.7 Å². The van der Waals surface area contributed by atoms with E-state index < -0.39 is 5.97 Å². The van der Waals surface area contributed by atoms with Crippen LogP contribution in [0.15, 0.2) is 54.7 Å². The van der Waals surface area contributed by atoms with Gasteiger partial charge in [0.2, 0.25) is 0 Å². The molecular formula is C19H17NO3. The summed E-state index contributed by atoms with van der Waals surface area (Å²) in [6, 6.07) is 15.3. The van der Waals surface area contributed by atoms with E-state index in [1.165, 1.54) is 0 Å². The van der Waals surface area contributed by atoms with E-state index in [0.717, 1.165) is 22.0 Å². The number of pyridine rings is 1. The molecule has 116 valence electrons. The highest BCUT2D eigenvalue weighted by atomic mass is 16.5. The molecule has 4 nitrogen and oxygen atoms in total. The number of esters is 1. The zero-order valence-electron chi connectivity index (χ0n) is 13.1. The molecule has 0 aliphatic rings. The van der Waals surface area contributed by atoms with Crippen LogP contribution in [0, 0.1) is 0 Å². The van der Waals surface area contributed by atoms with Crippen LogP contribution in [-0.4, -0.2) is 24.7 Å². The maximum atomic E-state index is 12.3. The van der Waals surface area contributed by atoms with E-state index in [9.17, 15) is 4.79 Å². The zero-order chi connectivity index (χ0) is 16.2. The van der Waals surface area contributed by atoms with Crippen molar-refractivity contribution in [3.63, 3.8) is 0 Å². The molecule has 4 heteroatoms. The summed E-state index contributed by atoms with van der Waals surface area (Å²) in [5.41, 5.74) is 2.95. The van der Waals surface area contributed by atoms with Crippen LogP contribution < -0.4 is 4.74 Å². The van der Waals surface area contributed by atoms with Gasteiger partial charge in [0.25, 0.3) is 0 Å². The minimum atomic E-state index is -0.396. The third-order valence-electron chi connectivity index (χ3n) is 3.61. The number of rotatable bonds is 4. The molecule has 0 fully saturated rings. The monoisotopic (exact) mass is 307 g/mol. The average Bonchev–Trinajstić information content (AvgIpc) is 2.61. The average molecular weight is 307 g/mol. The first-order chi connectivity index (χ1) is 11.3. The predicted octanol–water partition coefficient (Wildman–Crippen LogP) is 4.09. The van der Waals surface area contributed by atoms with Gasteiger partial charge in [-0.1, -0.05) is 36.4 Å². The van der Waals surface area contributed by atoms with Crippen LogP contribution in [0.2, 0.25) is 0 Å². The van der Waals surface area contributed by atoms with Crippen molar-refractivity contribution >= 4 is 16.9 Å². The van der Waals surface area contributed by atoms with E-state index in [1.54, 1.807) is 26.3 Å². The Labute approximate surface area is 134 Å². The summed E-state index contributed by atoms with van der Waals surface area (Å²) in [7, 11) is 1.55. The summed E-state index contributed by atoms with van der Waals surface area (Å²) in [4.78, 5) is 16.8. The number of carbonyl (C=O) groups excluding carboxylic acids is 1. The molecule has 0 aliphatic carbocycles. The van der Waals surface area contributed by atoms with Gasteiger partial charge in [-0.2, -0.15) is 0 Å². The summed E-state index contributed by atoms with van der Waals surface area (Å²) < 4.78 is 10.7. The Morgan fingerprint density at radius 1 is 1.13 bits per heavy atom. The maximum absolute atomic E-state index is 12.3. The van der Waals surface area contributed by atoms with Gasteiger partial charge in [0, 0.05) is 11.6 Å². The van der Waals surface area contributed by atoms with Crippen LogP contribution >= 0.6 is 0 Å². The molecule has 3 aromatic rings. The summed E-state index contributed by atoms with van der Waals surface area (Å²) in [5, 5.41) is 0.871. The topological polar surface area (TPSA) is 48.4 Å². The Hall–Kier alpha value is -2.88. The number of aromatic nitrogens is 1. The molecule has 0 amide bonds. The molecule has 0 unspecified atom stereocenters. The first-order valence-electron chi connectivity index (χ1n) is 7.44. The predicted molar refractivity (Wildman–Crippen MR) is 89.7 cm³/mol. The van der Waals surface area contributed by atoms with Gasteiger partial charge in [0.05, 0.1) is 24.8 Å². The van der Waals surface area contributed by atoms with Gasteiger partial charge in [-0.25, -0.2) is 4.79 Å². The molecule has 1 heterocycles. The SMILES string of the molecule is CCOC(=O)c1cc2cccnc2c(-c2ccccc2)c1OC. The van der Waals surface area contributed by atoms with E-state index in [1.807, 2.05) is 42.5 Å². The summed E-state index contributed by atoms with van der Waals surface area (Å²) in [6.45, 7) is 2.10. The maximum Gasteiger partial charge on any atom is 0.341 e. The lowest BCUT2D eigenvalue weighted by atomic mass is 9.97. The fourth-order valence-corrected chi connectivity index (χ4v) is 2.65. The van der Waals surface area contributed by atoms with Crippen LogP contribution in [0.1, 0.15) is 17.3 Å². The van der Waals surface area contributed by atoms with Crippen LogP contribution in [0.25, 0.3) is 22.0 Å². The lowest BCUT2D eigenvalue weighted by molar-refractivity contribution is 0.0523. The second kappa shape index (κ2) is 6.48. The normalized spacial score (nSPS) is 10.5. The molecule has 0 atom stereocenters. The van der Waals surface area contributed by atoms with Crippen LogP contribution in [-0.2, 0) is 4.74 Å². The van der Waals surface area contributed by atoms with Crippen LogP contribution in [0.3, 0.4) is 0 Å². The number of fused-ring (bicyclic) bond motifs is 1. The highest BCUT2D eigenvalue weighted by Crippen LogP contribution is 2.39. The van der Waals surface area contributed by atoms with E-state index in [2.05, 4.69) is 4.98 Å². The number of ether oxygens (including phenoxy) is 2. The van der Waals surface area contributed by atoms with Crippen molar-refractivity contribution in [3.8, 4) is 16.9 Å². The highest BCUT2D eigenvalue weighted by Gasteiger charge is 2.21. The Morgan fingerprint density at radius 2 is 1.91 bits per heavy atom. The third-order valence-corrected chi connectivity index (χ3v) is 3.61. The quantitative estimate of drug-likeness (QED) is 0.681. The molecule has 3 rings (SSSR count). The van der Waals surface area contributed by atoms with Crippen molar-refractivity contribution in [3.05, 3.63) is 60.3 Å². The number of nitrogens with zero attached hydrogens (tertiary/aromatic N) is 1. The third kappa shape index (κ3) is 2.75. The Morgan fingerprint density at radius 3 is 2.61 bits per heavy atom. The summed E-state index contributed by atoms with van der Waals surface area (Å²) in [5.74, 6) is 0.0909. The number of hydrogen-bond acceptors (Lipinski definition) is 4. The largest absolute Gasteiger partial charge is 0.495 e. The molecule has 23 heavy (non-hydrogen) atoms. The Kier molecular flexibility index (Phi) is 4.24. The molecule has 0 saturated carbocycles. The number of carbonyl (C=O) groups is 1. The Balaban J connectivity index is 2.37. The number of benzene rings is 2. The molecule has 2 aromatic carbocycles. The number of hydrogen-bond donors (Lipinski definition) is 0. The molecule has 0 radical (unpaired) electrons. The molecule has 1 aromatic heterocycles. The lowest BCUT2D eigenvalue weighted by Crippen LogP contribution is -2.08. The summed E-state index contributed by atoms with van der Waals surface area (Å²) >= 11 is 0. The van der Waals surface area contributed by atoms with Crippen molar-refractivity contribution < 1.29 is 14.3 Å². The van der Waals surface area contributed by atoms with Crippen LogP contribution in [0.5, 0.6) is 5.75 Å². The second-order valence-electron chi connectivity index (χ2n) is 4.99. The van der Waals surface area contributed by atoms with Gasteiger partial charge in [0.1, 0.15) is 11.3 Å². The van der Waals surface area contributed by atoms with Gasteiger partial charge >= 0.3 is 5.97 Å². The molecular weight excluding hydrogens is 290 g/mol. The van der Waals surface area contributed by atoms with E-state index in [0.29, 0.717) is 17.9 Å². The van der Waals surface area contributed by atoms with Crippen molar-refractivity contribution in [1.29, 1.82) is 0 Å². The molecule has 0 aliphatic heterocycles. The van der Waals surface area contributed by atoms with Gasteiger partial charge < -0.3 is 9.47 Å². The Bertz CT molecular complexity index is 844. The second-order valence-corrected chi connectivity index (χ2v) is 4.99. The lowest BCUT2D eigenvalue weighted by Gasteiger charge is -2.15. The van der Waals surface area contributed by atoms with Crippen LogP contribution in [0.4, 0.5) is 0 Å². The van der Waals surface area contributed by atoms with Gasteiger partial charge in [-0.05, 0) is 24.6 Å². The molecule has 0 saturated heterocycles. The first-order valence-corrected chi connectivity index (χ1v) is 7.44.